The van der Waals surface area contributed by atoms with E-state index in [9.17, 15) is 0 Å². The summed E-state index contributed by atoms with van der Waals surface area (Å²) >= 11 is -0.556. The van der Waals surface area contributed by atoms with Crippen LogP contribution in [0.2, 0.25) is 0 Å². The van der Waals surface area contributed by atoms with Gasteiger partial charge >= 0.3 is 35.6 Å². The van der Waals surface area contributed by atoms with Crippen molar-refractivity contribution in [2.24, 2.45) is 0 Å². The van der Waals surface area contributed by atoms with Crippen molar-refractivity contribution in [3.63, 3.8) is 0 Å². The van der Waals surface area contributed by atoms with Crippen molar-refractivity contribution in [2.45, 2.75) is 0 Å². The fraction of sp³-hybridized carbons (Fsp3) is 0. The van der Waals surface area contributed by atoms with Gasteiger partial charge in [0, 0.05) is 0 Å². The van der Waals surface area contributed by atoms with Crippen LogP contribution in [0, 0.1) is 0 Å². The predicted octanol–water partition coefficient (Wildman–Crippen LogP) is 5.09. The predicted molar refractivity (Wildman–Crippen MR) is 68.8 cm³/mol. The van der Waals surface area contributed by atoms with E-state index in [1.807, 2.05) is 0 Å². The summed E-state index contributed by atoms with van der Waals surface area (Å²) < 4.78 is 0. The van der Waals surface area contributed by atoms with Crippen molar-refractivity contribution in [3.8, 4) is 0 Å². The fourth-order valence-electron chi connectivity index (χ4n) is 1.90. The van der Waals surface area contributed by atoms with Gasteiger partial charge in [0.2, 0.25) is 0 Å². The largest absolute Gasteiger partial charge is 0.126 e. The second-order valence-corrected chi connectivity index (χ2v) is 5.97. The number of halogens is 2. The number of fused-ring (bicyclic) bond motifs is 3. The Morgan fingerprint density at radius 1 is 0.750 bits per heavy atom. The molecule has 0 aliphatic heterocycles. The first kappa shape index (κ1) is 12.1. The summed E-state index contributed by atoms with van der Waals surface area (Å²) in [4.78, 5) is 0. The normalized spacial score (nSPS) is 9.88. The van der Waals surface area contributed by atoms with E-state index < -0.39 is 17.0 Å². The summed E-state index contributed by atoms with van der Waals surface area (Å²) in [6.07, 6.45) is 0. The number of benzene rings is 2. The van der Waals surface area contributed by atoms with Crippen molar-refractivity contribution in [2.75, 3.05) is 0 Å². The fourth-order valence-corrected chi connectivity index (χ4v) is 1.90. The second kappa shape index (κ2) is 5.79. The quantitative estimate of drug-likeness (QED) is 0.398. The smallest absolute Gasteiger partial charge is 0.0771 e. The van der Waals surface area contributed by atoms with Crippen LogP contribution in [0.15, 0.2) is 54.6 Å². The molecule has 3 aromatic carbocycles. The van der Waals surface area contributed by atoms with Crippen LogP contribution in [0.4, 0.5) is 0 Å². The third-order valence-corrected chi connectivity index (χ3v) is 2.52. The van der Waals surface area contributed by atoms with Crippen LogP contribution in [0.5, 0.6) is 0 Å². The molecule has 0 saturated heterocycles. The Bertz CT molecular complexity index is 536. The van der Waals surface area contributed by atoms with Crippen LogP contribution in [0.1, 0.15) is 0 Å². The van der Waals surface area contributed by atoms with Crippen molar-refractivity contribution in [1.82, 2.24) is 0 Å². The van der Waals surface area contributed by atoms with E-state index in [0.29, 0.717) is 0 Å². The second-order valence-electron chi connectivity index (χ2n) is 3.39. The average molecular weight is 284 g/mol. The summed E-state index contributed by atoms with van der Waals surface area (Å²) in [7, 11) is 9.78. The molecular weight excluding hydrogens is 275 g/mol. The molecule has 0 aliphatic rings. The van der Waals surface area contributed by atoms with E-state index in [1.54, 1.807) is 0 Å². The Balaban J connectivity index is 0.000000292. The molecule has 0 radical (unpaired) electrons. The van der Waals surface area contributed by atoms with Crippen molar-refractivity contribution in [1.29, 1.82) is 0 Å². The van der Waals surface area contributed by atoms with E-state index in [4.69, 9.17) is 18.6 Å². The molecule has 16 heavy (non-hydrogen) atoms. The molecule has 0 spiro atoms. The molecule has 3 heteroatoms. The van der Waals surface area contributed by atoms with E-state index in [0.717, 1.165) is 0 Å². The van der Waals surface area contributed by atoms with Crippen LogP contribution in [0.25, 0.3) is 21.5 Å². The maximum absolute atomic E-state index is 4.89. The van der Waals surface area contributed by atoms with E-state index in [1.165, 1.54) is 21.5 Å². The van der Waals surface area contributed by atoms with Crippen LogP contribution in [0.3, 0.4) is 0 Å². The van der Waals surface area contributed by atoms with Gasteiger partial charge in [0.05, 0.1) is 0 Å². The SMILES string of the molecule is [Cl][Ti][Cl].c1ccc2c(c1)[cH-]c1ccccc12. The molecule has 0 aliphatic carbocycles. The molecule has 0 unspecified atom stereocenters. The van der Waals surface area contributed by atoms with Gasteiger partial charge in [-0.1, -0.05) is 36.4 Å². The molecule has 0 atom stereocenters. The molecule has 0 fully saturated rings. The molecule has 0 aromatic heterocycles. The van der Waals surface area contributed by atoms with Crippen LogP contribution >= 0.6 is 18.6 Å². The Labute approximate surface area is 111 Å². The first-order chi connectivity index (χ1) is 7.86. The van der Waals surface area contributed by atoms with Gasteiger partial charge in [-0.2, -0.15) is 0 Å². The van der Waals surface area contributed by atoms with Gasteiger partial charge in [0.25, 0.3) is 0 Å². The minimum absolute atomic E-state index is 0.556. The molecule has 0 bridgehead atoms. The Hall–Kier alpha value is -0.396. The van der Waals surface area contributed by atoms with Crippen molar-refractivity contribution in [3.05, 3.63) is 54.6 Å². The standard InChI is InChI=1S/C13H9.2ClH.Ti/c1-3-7-12-10(5-1)9-11-6-2-4-8-13(11)12;;;/h1-9H;2*1H;/q-1;;;+2/p-2. The molecule has 0 nitrogen and oxygen atoms in total. The Morgan fingerprint density at radius 2 is 1.12 bits per heavy atom. The summed E-state index contributed by atoms with van der Waals surface area (Å²) in [5, 5.41) is 5.39. The summed E-state index contributed by atoms with van der Waals surface area (Å²) in [5.41, 5.74) is 0. The zero-order valence-corrected chi connectivity index (χ0v) is 11.5. The first-order valence-corrected chi connectivity index (χ1v) is 9.16. The zero-order chi connectivity index (χ0) is 11.4. The molecule has 0 saturated carbocycles. The maximum atomic E-state index is 4.89. The minimum Gasteiger partial charge on any atom is -0.126 e. The summed E-state index contributed by atoms with van der Waals surface area (Å²) in [5.74, 6) is 0. The topological polar surface area (TPSA) is 0 Å². The van der Waals surface area contributed by atoms with Gasteiger partial charge in [-0.15, -0.1) is 39.7 Å². The Morgan fingerprint density at radius 3 is 1.56 bits per heavy atom. The summed E-state index contributed by atoms with van der Waals surface area (Å²) in [6.45, 7) is 0. The molecule has 0 N–H and O–H groups in total. The van der Waals surface area contributed by atoms with Gasteiger partial charge in [-0.05, 0) is 0 Å². The monoisotopic (exact) mass is 283 g/mol. The molecule has 3 aromatic rings. The van der Waals surface area contributed by atoms with Crippen molar-refractivity contribution < 1.29 is 17.0 Å². The van der Waals surface area contributed by atoms with Crippen LogP contribution in [-0.2, 0) is 17.0 Å². The molecule has 0 amide bonds. The number of hydrogen-bond donors (Lipinski definition) is 0. The van der Waals surface area contributed by atoms with Gasteiger partial charge in [-0.25, -0.2) is 0 Å². The third-order valence-electron chi connectivity index (χ3n) is 2.52. The minimum atomic E-state index is -0.556. The van der Waals surface area contributed by atoms with Gasteiger partial charge in [-0.3, -0.25) is 0 Å². The van der Waals surface area contributed by atoms with E-state index in [2.05, 4.69) is 54.6 Å². The van der Waals surface area contributed by atoms with Gasteiger partial charge < -0.3 is 0 Å². The van der Waals surface area contributed by atoms with Gasteiger partial charge in [0.15, 0.2) is 0 Å². The first-order valence-electron chi connectivity index (χ1n) is 4.86. The average Bonchev–Trinajstić information content (AvgIpc) is 2.68. The van der Waals surface area contributed by atoms with Crippen molar-refractivity contribution >= 4 is 40.2 Å². The maximum Gasteiger partial charge on any atom is -0.0771 e. The summed E-state index contributed by atoms with van der Waals surface area (Å²) in [6, 6.07) is 19.3. The Kier molecular flexibility index (Phi) is 4.37. The number of hydrogen-bond acceptors (Lipinski definition) is 0. The molecule has 3 rings (SSSR count). The molecule has 0 heterocycles. The number of rotatable bonds is 0. The van der Waals surface area contributed by atoms with Gasteiger partial charge in [0.1, 0.15) is 0 Å². The van der Waals surface area contributed by atoms with Crippen LogP contribution in [-0.4, -0.2) is 0 Å². The molecule has 80 valence electrons. The molecular formula is C13H9Cl2Ti-. The third kappa shape index (κ3) is 2.47. The van der Waals surface area contributed by atoms with E-state index in [-0.39, 0.29) is 0 Å². The van der Waals surface area contributed by atoms with E-state index >= 15 is 0 Å². The zero-order valence-electron chi connectivity index (χ0n) is 8.45. The van der Waals surface area contributed by atoms with Crippen LogP contribution < -0.4 is 0 Å².